The molecule has 182 valence electrons. The summed E-state index contributed by atoms with van der Waals surface area (Å²) < 4.78 is 51.3. The Kier molecular flexibility index (Phi) is 6.94. The Hall–Kier alpha value is -2.37. The molecule has 4 atom stereocenters. The number of halogens is 3. The first kappa shape index (κ1) is 23.4. The van der Waals surface area contributed by atoms with E-state index in [9.17, 15) is 8.78 Å². The van der Waals surface area contributed by atoms with E-state index in [-0.39, 0.29) is 55.4 Å². The number of aromatic nitrogens is 3. The third-order valence-electron chi connectivity index (χ3n) is 6.01. The van der Waals surface area contributed by atoms with E-state index < -0.39 is 11.6 Å². The minimum Gasteiger partial charge on any atom is -0.456 e. The van der Waals surface area contributed by atoms with Gasteiger partial charge in [0.1, 0.15) is 29.9 Å². The van der Waals surface area contributed by atoms with Crippen LogP contribution in [0.1, 0.15) is 17.7 Å². The van der Waals surface area contributed by atoms with Gasteiger partial charge in [-0.25, -0.2) is 13.8 Å². The molecule has 0 spiro atoms. The van der Waals surface area contributed by atoms with E-state index in [1.165, 1.54) is 18.2 Å². The molecule has 4 heterocycles. The van der Waals surface area contributed by atoms with Gasteiger partial charge in [-0.1, -0.05) is 17.7 Å². The topological polar surface area (TPSA) is 98.7 Å². The molecule has 0 amide bonds. The lowest BCUT2D eigenvalue weighted by atomic mass is 10.1. The molecule has 0 saturated carbocycles. The van der Waals surface area contributed by atoms with Crippen LogP contribution in [0, 0.1) is 11.6 Å². The molecule has 2 fully saturated rings. The summed E-state index contributed by atoms with van der Waals surface area (Å²) in [6, 6.07) is 5.70. The average Bonchev–Trinajstić information content (AvgIpc) is 3.50. The van der Waals surface area contributed by atoms with Crippen LogP contribution in [-0.4, -0.2) is 70.9 Å². The molecule has 8 nitrogen and oxygen atoms in total. The lowest BCUT2D eigenvalue weighted by Crippen LogP contribution is -2.35. The number of hydrogen-bond donors (Lipinski definition) is 2. The van der Waals surface area contributed by atoms with Crippen LogP contribution in [0.4, 0.5) is 8.78 Å². The highest BCUT2D eigenvalue weighted by molar-refractivity contribution is 6.31. The fourth-order valence-corrected chi connectivity index (χ4v) is 4.54. The number of hydrogen-bond acceptors (Lipinski definition) is 7. The summed E-state index contributed by atoms with van der Waals surface area (Å²) in [6.07, 6.45) is -0.201. The molecule has 2 N–H and O–H groups in total. The molecule has 34 heavy (non-hydrogen) atoms. The summed E-state index contributed by atoms with van der Waals surface area (Å²) in [7, 11) is 0. The van der Waals surface area contributed by atoms with Gasteiger partial charge in [-0.05, 0) is 37.5 Å². The molecule has 5 rings (SSSR count). The van der Waals surface area contributed by atoms with Crippen molar-refractivity contribution < 1.29 is 32.8 Å². The zero-order valence-electron chi connectivity index (χ0n) is 18.2. The zero-order chi connectivity index (χ0) is 23.7. The van der Waals surface area contributed by atoms with Crippen molar-refractivity contribution in [3.8, 4) is 6.01 Å². The van der Waals surface area contributed by atoms with Crippen LogP contribution >= 0.6 is 11.6 Å². The highest BCUT2D eigenvalue weighted by Gasteiger charge is 2.49. The molecule has 2 saturated heterocycles. The predicted molar refractivity (Wildman–Crippen MR) is 118 cm³/mol. The third-order valence-corrected chi connectivity index (χ3v) is 6.34. The summed E-state index contributed by atoms with van der Waals surface area (Å²) in [5.41, 5.74) is 1.45. The number of ether oxygens (including phenoxy) is 4. The van der Waals surface area contributed by atoms with Gasteiger partial charge in [-0.15, -0.1) is 0 Å². The van der Waals surface area contributed by atoms with Crippen molar-refractivity contribution in [1.82, 2.24) is 15.0 Å². The van der Waals surface area contributed by atoms with Crippen molar-refractivity contribution in [2.24, 2.45) is 0 Å². The standard InChI is InChI=1S/C23H24ClF2N3O5/c24-13-9-17-22(27-16(13)6-5-12-14(25)3-1-4-15(12)26)29-23(28-17)34-19-11-33-20-18(10-32-21(19)20)31-8-2-7-30/h1,3-4,9,18-21,30H,2,5-8,10-11H2,(H,27,28,29)/t18-,19-,20-,21-/m1/s1. The van der Waals surface area contributed by atoms with Crippen LogP contribution in [0.25, 0.3) is 11.2 Å². The molecule has 2 aromatic heterocycles. The molecule has 0 radical (unpaired) electrons. The van der Waals surface area contributed by atoms with Crippen molar-refractivity contribution in [2.45, 2.75) is 43.7 Å². The van der Waals surface area contributed by atoms with Gasteiger partial charge in [0.15, 0.2) is 11.8 Å². The second kappa shape index (κ2) is 10.1. The Labute approximate surface area is 199 Å². The van der Waals surface area contributed by atoms with Gasteiger partial charge in [-0.3, -0.25) is 0 Å². The van der Waals surface area contributed by atoms with Gasteiger partial charge in [0.2, 0.25) is 0 Å². The maximum absolute atomic E-state index is 13.9. The van der Waals surface area contributed by atoms with Crippen LogP contribution in [0.15, 0.2) is 24.3 Å². The largest absolute Gasteiger partial charge is 0.456 e. The Balaban J connectivity index is 1.25. The summed E-state index contributed by atoms with van der Waals surface area (Å²) in [4.78, 5) is 11.9. The number of aliphatic hydroxyl groups excluding tert-OH is 1. The molecule has 0 bridgehead atoms. The maximum Gasteiger partial charge on any atom is 0.296 e. The van der Waals surface area contributed by atoms with Crippen molar-refractivity contribution in [3.63, 3.8) is 0 Å². The van der Waals surface area contributed by atoms with Gasteiger partial charge < -0.3 is 29.0 Å². The molecule has 2 aliphatic rings. The van der Waals surface area contributed by atoms with E-state index >= 15 is 0 Å². The van der Waals surface area contributed by atoms with Crippen molar-refractivity contribution in [3.05, 3.63) is 52.2 Å². The number of aryl methyl sites for hydroxylation is 1. The third kappa shape index (κ3) is 4.73. The average molecular weight is 496 g/mol. The number of aromatic amines is 1. The van der Waals surface area contributed by atoms with E-state index in [0.29, 0.717) is 48.1 Å². The van der Waals surface area contributed by atoms with Crippen LogP contribution in [0.3, 0.4) is 0 Å². The zero-order valence-corrected chi connectivity index (χ0v) is 18.9. The van der Waals surface area contributed by atoms with Gasteiger partial charge in [-0.2, -0.15) is 4.98 Å². The van der Waals surface area contributed by atoms with Crippen LogP contribution in [0.5, 0.6) is 6.01 Å². The molecular formula is C23H24ClF2N3O5. The highest BCUT2D eigenvalue weighted by Crippen LogP contribution is 2.32. The van der Waals surface area contributed by atoms with E-state index in [1.807, 2.05) is 0 Å². The van der Waals surface area contributed by atoms with E-state index in [0.717, 1.165) is 0 Å². The van der Waals surface area contributed by atoms with Gasteiger partial charge >= 0.3 is 0 Å². The Morgan fingerprint density at radius 1 is 1.09 bits per heavy atom. The molecule has 11 heteroatoms. The predicted octanol–water partition coefficient (Wildman–Crippen LogP) is 2.99. The van der Waals surface area contributed by atoms with Crippen LogP contribution in [0.2, 0.25) is 5.02 Å². The molecule has 3 aromatic rings. The Morgan fingerprint density at radius 3 is 2.59 bits per heavy atom. The summed E-state index contributed by atoms with van der Waals surface area (Å²) in [5.74, 6) is -1.19. The number of rotatable bonds is 9. The summed E-state index contributed by atoms with van der Waals surface area (Å²) in [6.45, 7) is 1.22. The molecule has 1 aromatic carbocycles. The molecule has 0 unspecified atom stereocenters. The number of H-pyrrole nitrogens is 1. The summed E-state index contributed by atoms with van der Waals surface area (Å²) >= 11 is 6.36. The van der Waals surface area contributed by atoms with E-state index in [1.54, 1.807) is 6.07 Å². The fourth-order valence-electron chi connectivity index (χ4n) is 4.29. The quantitative estimate of drug-likeness (QED) is 0.440. The molecule has 0 aliphatic carbocycles. The Bertz CT molecular complexity index is 1140. The lowest BCUT2D eigenvalue weighted by Gasteiger charge is -2.16. The first-order valence-electron chi connectivity index (χ1n) is 11.1. The van der Waals surface area contributed by atoms with Crippen LogP contribution in [-0.2, 0) is 27.1 Å². The molecular weight excluding hydrogens is 472 g/mol. The minimum atomic E-state index is -0.597. The number of imidazole rings is 1. The SMILES string of the molecule is OCCCO[C@@H]1CO[C@H]2[C@@H]1OC[C@H]2Oc1nc2nc(CCc3c(F)cccc3F)c(Cl)cc2[nH]1. The second-order valence-electron chi connectivity index (χ2n) is 8.27. The number of benzene rings is 1. The van der Waals surface area contributed by atoms with Crippen molar-refractivity contribution in [1.29, 1.82) is 0 Å². The maximum atomic E-state index is 13.9. The number of pyridine rings is 1. The van der Waals surface area contributed by atoms with Crippen LogP contribution < -0.4 is 4.74 Å². The first-order chi connectivity index (χ1) is 16.5. The summed E-state index contributed by atoms with van der Waals surface area (Å²) in [5, 5.41) is 9.28. The number of aliphatic hydroxyl groups is 1. The van der Waals surface area contributed by atoms with Crippen molar-refractivity contribution >= 4 is 22.8 Å². The van der Waals surface area contributed by atoms with E-state index in [4.69, 9.17) is 35.7 Å². The number of nitrogens with one attached hydrogen (secondary N) is 1. The fraction of sp³-hybridized carbons (Fsp3) is 0.478. The minimum absolute atomic E-state index is 0.00231. The van der Waals surface area contributed by atoms with E-state index in [2.05, 4.69) is 15.0 Å². The Morgan fingerprint density at radius 2 is 1.82 bits per heavy atom. The number of nitrogens with zero attached hydrogens (tertiary/aromatic N) is 2. The molecule has 2 aliphatic heterocycles. The number of fused-ring (bicyclic) bond motifs is 2. The highest BCUT2D eigenvalue weighted by atomic mass is 35.5. The van der Waals surface area contributed by atoms with Gasteiger partial charge in [0, 0.05) is 18.8 Å². The normalized spacial score (nSPS) is 24.1. The second-order valence-corrected chi connectivity index (χ2v) is 8.68. The monoisotopic (exact) mass is 495 g/mol. The smallest absolute Gasteiger partial charge is 0.296 e. The van der Waals surface area contributed by atoms with Gasteiger partial charge in [0.05, 0.1) is 29.4 Å². The van der Waals surface area contributed by atoms with Gasteiger partial charge in [0.25, 0.3) is 6.01 Å². The van der Waals surface area contributed by atoms with Crippen molar-refractivity contribution in [2.75, 3.05) is 26.4 Å². The first-order valence-corrected chi connectivity index (χ1v) is 11.5. The lowest BCUT2D eigenvalue weighted by molar-refractivity contribution is -0.0385.